The van der Waals surface area contributed by atoms with Crippen molar-refractivity contribution >= 4 is 27.4 Å². The van der Waals surface area contributed by atoms with E-state index in [4.69, 9.17) is 12.2 Å². The lowest BCUT2D eigenvalue weighted by Gasteiger charge is -1.99. The van der Waals surface area contributed by atoms with E-state index in [1.54, 1.807) is 18.2 Å². The molecule has 0 unspecified atom stereocenters. The number of hydrogen-bond donors (Lipinski definition) is 1. The monoisotopic (exact) mass is 223 g/mol. The first kappa shape index (κ1) is 8.82. The fourth-order valence-electron chi connectivity index (χ4n) is 0.818. The van der Waals surface area contributed by atoms with Gasteiger partial charge >= 0.3 is 0 Å². The molecule has 0 bridgehead atoms. The molecule has 1 aromatic rings. The van der Waals surface area contributed by atoms with Gasteiger partial charge in [0.25, 0.3) is 0 Å². The predicted octanol–water partition coefficient (Wildman–Crippen LogP) is 1.85. The minimum Gasteiger partial charge on any atom is -0.398 e. The van der Waals surface area contributed by atoms with E-state index in [0.29, 0.717) is 11.3 Å². The first-order valence-corrected chi connectivity index (χ1v) is 4.00. The maximum Gasteiger partial charge on any atom is 0.237 e. The van der Waals surface area contributed by atoms with E-state index in [2.05, 4.69) is 15.9 Å². The quantitative estimate of drug-likeness (QED) is 0.342. The van der Waals surface area contributed by atoms with Gasteiger partial charge in [-0.1, -0.05) is 15.9 Å². The Morgan fingerprint density at radius 3 is 2.75 bits per heavy atom. The maximum atomic E-state index is 11.0. The molecule has 0 aromatic heterocycles. The molecule has 12 heavy (non-hydrogen) atoms. The second-order valence-corrected chi connectivity index (χ2v) is 3.12. The molecule has 0 radical (unpaired) electrons. The molecule has 0 aliphatic carbocycles. The van der Waals surface area contributed by atoms with E-state index in [1.165, 1.54) is 0 Å². The summed E-state index contributed by atoms with van der Waals surface area (Å²) < 4.78 is 0.827. The van der Waals surface area contributed by atoms with Gasteiger partial charge < -0.3 is 5.73 Å². The van der Waals surface area contributed by atoms with Gasteiger partial charge in [-0.3, -0.25) is 4.79 Å². The molecule has 0 amide bonds. The van der Waals surface area contributed by atoms with E-state index in [-0.39, 0.29) is 5.78 Å². The molecule has 0 heterocycles. The van der Waals surface area contributed by atoms with Gasteiger partial charge in [0.1, 0.15) is 0 Å². The highest BCUT2D eigenvalue weighted by atomic mass is 79.9. The molecule has 0 fully saturated rings. The number of terminal acetylenes is 1. The summed E-state index contributed by atoms with van der Waals surface area (Å²) >= 11 is 3.22. The van der Waals surface area contributed by atoms with Crippen molar-refractivity contribution in [2.75, 3.05) is 5.73 Å². The van der Waals surface area contributed by atoms with Gasteiger partial charge in [-0.25, -0.2) is 0 Å². The zero-order chi connectivity index (χ0) is 9.14. The smallest absolute Gasteiger partial charge is 0.237 e. The summed E-state index contributed by atoms with van der Waals surface area (Å²) in [6, 6.07) is 4.97. The summed E-state index contributed by atoms with van der Waals surface area (Å²) in [5, 5.41) is 0. The van der Waals surface area contributed by atoms with Gasteiger partial charge in [0, 0.05) is 10.2 Å². The van der Waals surface area contributed by atoms with Crippen LogP contribution in [0.15, 0.2) is 22.7 Å². The maximum absolute atomic E-state index is 11.0. The van der Waals surface area contributed by atoms with Gasteiger partial charge in [-0.2, -0.15) is 0 Å². The summed E-state index contributed by atoms with van der Waals surface area (Å²) in [5.74, 6) is 1.62. The lowest BCUT2D eigenvalue weighted by atomic mass is 10.1. The fourth-order valence-corrected chi connectivity index (χ4v) is 1.20. The third-order valence-corrected chi connectivity index (χ3v) is 1.88. The number of nitrogen functional groups attached to an aromatic ring is 1. The molecule has 0 saturated heterocycles. The molecule has 1 aromatic carbocycles. The topological polar surface area (TPSA) is 43.1 Å². The normalized spacial score (nSPS) is 9.00. The predicted molar refractivity (Wildman–Crippen MR) is 51.7 cm³/mol. The van der Waals surface area contributed by atoms with E-state index >= 15 is 0 Å². The average molecular weight is 224 g/mol. The highest BCUT2D eigenvalue weighted by molar-refractivity contribution is 9.10. The molecule has 0 aliphatic rings. The van der Waals surface area contributed by atoms with E-state index in [0.717, 1.165) is 4.47 Å². The van der Waals surface area contributed by atoms with Gasteiger partial charge in [0.05, 0.1) is 5.56 Å². The van der Waals surface area contributed by atoms with Crippen LogP contribution >= 0.6 is 15.9 Å². The number of hydrogen-bond acceptors (Lipinski definition) is 2. The number of benzene rings is 1. The van der Waals surface area contributed by atoms with E-state index in [1.807, 2.05) is 5.92 Å². The zero-order valence-corrected chi connectivity index (χ0v) is 7.76. The largest absolute Gasteiger partial charge is 0.398 e. The van der Waals surface area contributed by atoms with Gasteiger partial charge in [0.2, 0.25) is 5.78 Å². The molecule has 3 heteroatoms. The molecule has 2 N–H and O–H groups in total. The summed E-state index contributed by atoms with van der Waals surface area (Å²) in [4.78, 5) is 11.0. The average Bonchev–Trinajstić information content (AvgIpc) is 2.03. The molecule has 60 valence electrons. The van der Waals surface area contributed by atoms with Crippen LogP contribution in [0.3, 0.4) is 0 Å². The third-order valence-electron chi connectivity index (χ3n) is 1.39. The number of carbonyl (C=O) groups excluding carboxylic acids is 1. The molecule has 0 aliphatic heterocycles. The Bertz CT molecular complexity index is 365. The van der Waals surface area contributed by atoms with Crippen molar-refractivity contribution in [3.63, 3.8) is 0 Å². The summed E-state index contributed by atoms with van der Waals surface area (Å²) in [7, 11) is 0. The number of ketones is 1. The van der Waals surface area contributed by atoms with Crippen LogP contribution in [0.25, 0.3) is 0 Å². The first-order valence-electron chi connectivity index (χ1n) is 3.21. The third kappa shape index (κ3) is 1.66. The van der Waals surface area contributed by atoms with Crippen LogP contribution in [0.2, 0.25) is 0 Å². The Kier molecular flexibility index (Phi) is 2.51. The van der Waals surface area contributed by atoms with Gasteiger partial charge in [0.15, 0.2) is 0 Å². The van der Waals surface area contributed by atoms with Crippen molar-refractivity contribution in [1.29, 1.82) is 0 Å². The second kappa shape index (κ2) is 3.42. The molecular formula is C9H6BrNO. The van der Waals surface area contributed by atoms with Crippen LogP contribution in [0.4, 0.5) is 5.69 Å². The Morgan fingerprint density at radius 1 is 1.58 bits per heavy atom. The summed E-state index contributed by atoms with van der Waals surface area (Å²) in [6.45, 7) is 0. The highest BCUT2D eigenvalue weighted by Gasteiger charge is 2.05. The minimum atomic E-state index is -0.389. The van der Waals surface area contributed by atoms with Gasteiger partial charge in [-0.15, -0.1) is 6.42 Å². The number of halogens is 1. The van der Waals surface area contributed by atoms with Crippen molar-refractivity contribution < 1.29 is 4.79 Å². The molecule has 0 saturated carbocycles. The highest BCUT2D eigenvalue weighted by Crippen LogP contribution is 2.18. The van der Waals surface area contributed by atoms with Crippen molar-refractivity contribution in [2.24, 2.45) is 0 Å². The summed E-state index contributed by atoms with van der Waals surface area (Å²) in [5.41, 5.74) is 6.32. The van der Waals surface area contributed by atoms with Crippen molar-refractivity contribution in [2.45, 2.75) is 0 Å². The Morgan fingerprint density at radius 2 is 2.25 bits per heavy atom. The zero-order valence-electron chi connectivity index (χ0n) is 6.17. The lowest BCUT2D eigenvalue weighted by molar-refractivity contribution is 0.105. The first-order chi connectivity index (χ1) is 5.65. The van der Waals surface area contributed by atoms with E-state index < -0.39 is 0 Å². The summed E-state index contributed by atoms with van der Waals surface area (Å²) in [6.07, 6.45) is 4.94. The molecule has 0 atom stereocenters. The Hall–Kier alpha value is -1.27. The van der Waals surface area contributed by atoms with Crippen LogP contribution in [-0.2, 0) is 0 Å². The van der Waals surface area contributed by atoms with Gasteiger partial charge in [-0.05, 0) is 24.1 Å². The number of rotatable bonds is 1. The van der Waals surface area contributed by atoms with Crippen LogP contribution in [0, 0.1) is 12.3 Å². The SMILES string of the molecule is C#CC(=O)c1ccc(Br)cc1N. The lowest BCUT2D eigenvalue weighted by Crippen LogP contribution is -2.00. The molecule has 1 rings (SSSR count). The van der Waals surface area contributed by atoms with Crippen molar-refractivity contribution in [3.05, 3.63) is 28.2 Å². The molecular weight excluding hydrogens is 218 g/mol. The Balaban J connectivity index is 3.20. The second-order valence-electron chi connectivity index (χ2n) is 2.21. The van der Waals surface area contributed by atoms with Crippen LogP contribution in [0.1, 0.15) is 10.4 Å². The number of nitrogens with two attached hydrogens (primary N) is 1. The van der Waals surface area contributed by atoms with E-state index in [9.17, 15) is 4.79 Å². The number of carbonyl (C=O) groups is 1. The minimum absolute atomic E-state index is 0.376. The molecule has 2 nitrogen and oxygen atoms in total. The molecule has 0 spiro atoms. The van der Waals surface area contributed by atoms with Crippen LogP contribution < -0.4 is 5.73 Å². The van der Waals surface area contributed by atoms with Crippen molar-refractivity contribution in [3.8, 4) is 12.3 Å². The Labute approximate surface area is 78.9 Å². The van der Waals surface area contributed by atoms with Crippen LogP contribution in [0.5, 0.6) is 0 Å². The number of Topliss-reactive ketones (excluding diaryl/α,β-unsaturated/α-hetero) is 1. The number of anilines is 1. The standard InChI is InChI=1S/C9H6BrNO/c1-2-9(12)7-4-3-6(10)5-8(7)11/h1,3-5H,11H2. The van der Waals surface area contributed by atoms with Crippen LogP contribution in [-0.4, -0.2) is 5.78 Å². The van der Waals surface area contributed by atoms with Crippen molar-refractivity contribution in [1.82, 2.24) is 0 Å². The fraction of sp³-hybridized carbons (Fsp3) is 0.